The molecule has 8 nitrogen and oxygen atoms in total. The van der Waals surface area contributed by atoms with Crippen molar-refractivity contribution in [1.82, 2.24) is 10.1 Å². The molecule has 0 bridgehead atoms. The number of amides is 1. The van der Waals surface area contributed by atoms with Gasteiger partial charge >= 0.3 is 0 Å². The minimum Gasteiger partial charge on any atom is -0.494 e. The van der Waals surface area contributed by atoms with E-state index in [0.29, 0.717) is 42.8 Å². The van der Waals surface area contributed by atoms with Gasteiger partial charge in [0.1, 0.15) is 5.75 Å². The second-order valence-electron chi connectivity index (χ2n) is 7.63. The minimum absolute atomic E-state index is 0.00199. The molecule has 0 aliphatic carbocycles. The van der Waals surface area contributed by atoms with E-state index in [9.17, 15) is 4.79 Å². The number of carbonyl (C=O) groups is 1. The zero-order valence-electron chi connectivity index (χ0n) is 18.5. The number of carbonyl (C=O) groups excluding carboxylic acids is 1. The van der Waals surface area contributed by atoms with Crippen LogP contribution in [0.3, 0.4) is 0 Å². The van der Waals surface area contributed by atoms with Crippen molar-refractivity contribution in [1.29, 1.82) is 0 Å². The molecular weight excluding hydrogens is 410 g/mol. The summed E-state index contributed by atoms with van der Waals surface area (Å²) in [4.78, 5) is 19.0. The highest BCUT2D eigenvalue weighted by atomic mass is 16.5. The Morgan fingerprint density at radius 1 is 1.09 bits per heavy atom. The highest BCUT2D eigenvalue weighted by molar-refractivity contribution is 5.96. The van der Waals surface area contributed by atoms with Crippen molar-refractivity contribution in [3.8, 4) is 28.7 Å². The molecule has 4 rings (SSSR count). The first-order valence-corrected chi connectivity index (χ1v) is 10.7. The Balaban J connectivity index is 1.45. The largest absolute Gasteiger partial charge is 0.494 e. The lowest BCUT2D eigenvalue weighted by Crippen LogP contribution is -2.24. The van der Waals surface area contributed by atoms with E-state index in [1.807, 2.05) is 30.3 Å². The highest BCUT2D eigenvalue weighted by Gasteiger charge is 2.35. The quantitative estimate of drug-likeness (QED) is 0.457. The molecule has 1 aliphatic rings. The second-order valence-corrected chi connectivity index (χ2v) is 7.63. The van der Waals surface area contributed by atoms with Gasteiger partial charge in [-0.25, -0.2) is 0 Å². The van der Waals surface area contributed by atoms with Crippen molar-refractivity contribution in [3.63, 3.8) is 0 Å². The molecule has 2 heterocycles. The van der Waals surface area contributed by atoms with E-state index in [2.05, 4.69) is 17.1 Å². The third kappa shape index (κ3) is 4.54. The van der Waals surface area contributed by atoms with E-state index in [1.165, 1.54) is 0 Å². The van der Waals surface area contributed by atoms with E-state index in [-0.39, 0.29) is 11.8 Å². The van der Waals surface area contributed by atoms with E-state index in [0.717, 1.165) is 29.8 Å². The molecule has 1 aliphatic heterocycles. The number of nitrogens with zero attached hydrogens (tertiary/aromatic N) is 3. The SMILES string of the molecule is CCCCOc1ccc(-c2nc([C@@H]3CC(=O)N(c4ccc(OC)c(OC)c4)C3)no2)cc1. The summed E-state index contributed by atoms with van der Waals surface area (Å²) < 4.78 is 21.8. The lowest BCUT2D eigenvalue weighted by molar-refractivity contribution is -0.117. The van der Waals surface area contributed by atoms with E-state index < -0.39 is 0 Å². The number of rotatable bonds is 9. The molecule has 1 aromatic heterocycles. The molecule has 1 fully saturated rings. The van der Waals surface area contributed by atoms with Gasteiger partial charge in [0.25, 0.3) is 5.89 Å². The Kier molecular flexibility index (Phi) is 6.58. The fraction of sp³-hybridized carbons (Fsp3) is 0.375. The van der Waals surface area contributed by atoms with Crippen LogP contribution in [-0.4, -0.2) is 43.4 Å². The standard InChI is InChI=1S/C24H27N3O5/c1-4-5-12-31-19-9-6-16(7-10-19)24-25-23(26-32-24)17-13-22(28)27(15-17)18-8-11-20(29-2)21(14-18)30-3/h6-11,14,17H,4-5,12-13,15H2,1-3H3/t17-/m1/s1. The van der Waals surface area contributed by atoms with E-state index in [1.54, 1.807) is 31.3 Å². The van der Waals surface area contributed by atoms with Crippen molar-refractivity contribution < 1.29 is 23.5 Å². The van der Waals surface area contributed by atoms with Crippen LogP contribution in [-0.2, 0) is 4.79 Å². The third-order valence-corrected chi connectivity index (χ3v) is 5.48. The predicted octanol–water partition coefficient (Wildman–Crippen LogP) is 4.45. The monoisotopic (exact) mass is 437 g/mol. The number of aromatic nitrogens is 2. The second kappa shape index (κ2) is 9.72. The third-order valence-electron chi connectivity index (χ3n) is 5.48. The Labute approximate surface area is 187 Å². The highest BCUT2D eigenvalue weighted by Crippen LogP contribution is 2.36. The number of methoxy groups -OCH3 is 2. The molecule has 1 saturated heterocycles. The summed E-state index contributed by atoms with van der Waals surface area (Å²) in [6, 6.07) is 13.0. The van der Waals surface area contributed by atoms with Crippen LogP contribution in [0.25, 0.3) is 11.5 Å². The zero-order valence-corrected chi connectivity index (χ0v) is 18.5. The first-order chi connectivity index (χ1) is 15.6. The lowest BCUT2D eigenvalue weighted by atomic mass is 10.1. The van der Waals surface area contributed by atoms with Crippen LogP contribution in [0.1, 0.15) is 37.9 Å². The molecule has 0 N–H and O–H groups in total. The first-order valence-electron chi connectivity index (χ1n) is 10.7. The van der Waals surface area contributed by atoms with Gasteiger partial charge in [-0.2, -0.15) is 4.98 Å². The Morgan fingerprint density at radius 3 is 2.59 bits per heavy atom. The molecule has 1 amide bonds. The van der Waals surface area contributed by atoms with Crippen LogP contribution in [0.2, 0.25) is 0 Å². The molecule has 168 valence electrons. The molecule has 0 saturated carbocycles. The number of ether oxygens (including phenoxy) is 3. The van der Waals surface area contributed by atoms with Gasteiger partial charge in [-0.05, 0) is 42.8 Å². The maximum atomic E-state index is 12.7. The van der Waals surface area contributed by atoms with Gasteiger partial charge in [-0.3, -0.25) is 4.79 Å². The summed E-state index contributed by atoms with van der Waals surface area (Å²) >= 11 is 0. The van der Waals surface area contributed by atoms with Crippen LogP contribution < -0.4 is 19.1 Å². The number of anilines is 1. The summed E-state index contributed by atoms with van der Waals surface area (Å²) in [5.74, 6) is 2.81. The van der Waals surface area contributed by atoms with E-state index in [4.69, 9.17) is 18.7 Å². The van der Waals surface area contributed by atoms with Gasteiger partial charge in [0.15, 0.2) is 17.3 Å². The molecule has 0 radical (unpaired) electrons. The molecule has 32 heavy (non-hydrogen) atoms. The maximum absolute atomic E-state index is 12.7. The van der Waals surface area contributed by atoms with Crippen molar-refractivity contribution in [2.24, 2.45) is 0 Å². The van der Waals surface area contributed by atoms with Crippen LogP contribution in [0.15, 0.2) is 47.0 Å². The number of hydrogen-bond donors (Lipinski definition) is 0. The van der Waals surface area contributed by atoms with Crippen molar-refractivity contribution in [2.45, 2.75) is 32.1 Å². The molecule has 2 aromatic carbocycles. The molecule has 0 spiro atoms. The average molecular weight is 437 g/mol. The van der Waals surface area contributed by atoms with Crippen LogP contribution >= 0.6 is 0 Å². The summed E-state index contributed by atoms with van der Waals surface area (Å²) in [5, 5.41) is 4.14. The average Bonchev–Trinajstić information content (AvgIpc) is 3.46. The zero-order chi connectivity index (χ0) is 22.5. The van der Waals surface area contributed by atoms with Crippen molar-refractivity contribution in [2.75, 3.05) is 32.3 Å². The molecule has 1 atom stereocenters. The fourth-order valence-corrected chi connectivity index (χ4v) is 3.67. The first kappa shape index (κ1) is 21.7. The molecule has 0 unspecified atom stereocenters. The molecular formula is C24H27N3O5. The lowest BCUT2D eigenvalue weighted by Gasteiger charge is -2.18. The van der Waals surface area contributed by atoms with Crippen molar-refractivity contribution in [3.05, 3.63) is 48.3 Å². The van der Waals surface area contributed by atoms with Gasteiger partial charge in [0.05, 0.1) is 20.8 Å². The summed E-state index contributed by atoms with van der Waals surface area (Å²) in [6.07, 6.45) is 2.43. The minimum atomic E-state index is -0.148. The van der Waals surface area contributed by atoms with Gasteiger partial charge in [0.2, 0.25) is 5.91 Å². The van der Waals surface area contributed by atoms with Crippen LogP contribution in [0, 0.1) is 0 Å². The number of hydrogen-bond acceptors (Lipinski definition) is 7. The molecule has 3 aromatic rings. The summed E-state index contributed by atoms with van der Waals surface area (Å²) in [5.41, 5.74) is 1.56. The van der Waals surface area contributed by atoms with Gasteiger partial charge in [-0.15, -0.1) is 0 Å². The fourth-order valence-electron chi connectivity index (χ4n) is 3.67. The van der Waals surface area contributed by atoms with Gasteiger partial charge in [0, 0.05) is 36.2 Å². The summed E-state index contributed by atoms with van der Waals surface area (Å²) in [7, 11) is 3.15. The van der Waals surface area contributed by atoms with E-state index >= 15 is 0 Å². The predicted molar refractivity (Wildman–Crippen MR) is 119 cm³/mol. The molecule has 8 heteroatoms. The normalized spacial score (nSPS) is 15.8. The topological polar surface area (TPSA) is 86.9 Å². The van der Waals surface area contributed by atoms with Gasteiger partial charge < -0.3 is 23.6 Å². The maximum Gasteiger partial charge on any atom is 0.257 e. The van der Waals surface area contributed by atoms with Crippen LogP contribution in [0.4, 0.5) is 5.69 Å². The Hall–Kier alpha value is -3.55. The van der Waals surface area contributed by atoms with Crippen molar-refractivity contribution >= 4 is 11.6 Å². The van der Waals surface area contributed by atoms with Gasteiger partial charge in [-0.1, -0.05) is 18.5 Å². The number of benzene rings is 2. The summed E-state index contributed by atoms with van der Waals surface area (Å²) in [6.45, 7) is 3.30. The smallest absolute Gasteiger partial charge is 0.257 e. The number of unbranched alkanes of at least 4 members (excludes halogenated alkanes) is 1. The Morgan fingerprint density at radius 2 is 1.88 bits per heavy atom. The van der Waals surface area contributed by atoms with Crippen LogP contribution in [0.5, 0.6) is 17.2 Å². The Bertz CT molecular complexity index is 1060.